The Bertz CT molecular complexity index is 313. The van der Waals surface area contributed by atoms with E-state index in [-0.39, 0.29) is 23.3 Å². The summed E-state index contributed by atoms with van der Waals surface area (Å²) < 4.78 is 5.39. The summed E-state index contributed by atoms with van der Waals surface area (Å²) in [6.45, 7) is 6.82. The van der Waals surface area contributed by atoms with E-state index in [4.69, 9.17) is 10.5 Å². The van der Waals surface area contributed by atoms with E-state index in [1.54, 1.807) is 0 Å². The molecule has 2 aliphatic rings. The zero-order valence-electron chi connectivity index (χ0n) is 12.3. The molecule has 1 saturated heterocycles. The Labute approximate surface area is 116 Å². The highest BCUT2D eigenvalue weighted by Crippen LogP contribution is 2.31. The van der Waals surface area contributed by atoms with Gasteiger partial charge < -0.3 is 15.8 Å². The van der Waals surface area contributed by atoms with E-state index in [1.165, 1.54) is 0 Å². The molecular formula is C15H28N2O2. The van der Waals surface area contributed by atoms with E-state index in [1.807, 2.05) is 0 Å². The average molecular weight is 268 g/mol. The first-order chi connectivity index (χ1) is 9.00. The van der Waals surface area contributed by atoms with Crippen LogP contribution < -0.4 is 11.1 Å². The minimum atomic E-state index is 0.104. The van der Waals surface area contributed by atoms with E-state index in [2.05, 4.69) is 19.2 Å². The molecule has 0 aromatic carbocycles. The van der Waals surface area contributed by atoms with Crippen LogP contribution in [0.3, 0.4) is 0 Å². The molecule has 2 fully saturated rings. The van der Waals surface area contributed by atoms with Gasteiger partial charge in [0.05, 0.1) is 0 Å². The monoisotopic (exact) mass is 268 g/mol. The molecule has 3 atom stereocenters. The van der Waals surface area contributed by atoms with Crippen molar-refractivity contribution in [2.24, 2.45) is 23.0 Å². The molecule has 4 nitrogen and oxygen atoms in total. The summed E-state index contributed by atoms with van der Waals surface area (Å²) in [5.41, 5.74) is 6.20. The van der Waals surface area contributed by atoms with Gasteiger partial charge in [-0.2, -0.15) is 0 Å². The topological polar surface area (TPSA) is 64.4 Å². The molecule has 110 valence electrons. The van der Waals surface area contributed by atoms with Crippen LogP contribution in [0.4, 0.5) is 0 Å². The largest absolute Gasteiger partial charge is 0.381 e. The molecule has 4 heteroatoms. The van der Waals surface area contributed by atoms with Gasteiger partial charge in [-0.25, -0.2) is 0 Å². The third kappa shape index (κ3) is 3.93. The first-order valence-electron chi connectivity index (χ1n) is 7.61. The number of carbonyl (C=O) groups is 1. The highest BCUT2D eigenvalue weighted by molar-refractivity contribution is 5.79. The van der Waals surface area contributed by atoms with E-state index in [9.17, 15) is 4.79 Å². The number of ether oxygens (including phenoxy) is 1. The third-order valence-corrected chi connectivity index (χ3v) is 4.96. The molecule has 0 aromatic heterocycles. The first-order valence-corrected chi connectivity index (χ1v) is 7.61. The Balaban J connectivity index is 1.83. The normalized spacial score (nSPS) is 34.8. The first kappa shape index (κ1) is 14.8. The zero-order chi connectivity index (χ0) is 13.9. The van der Waals surface area contributed by atoms with Crippen LogP contribution in [0.1, 0.15) is 46.0 Å². The molecule has 0 aromatic rings. The van der Waals surface area contributed by atoms with Crippen LogP contribution in [0.2, 0.25) is 0 Å². The summed E-state index contributed by atoms with van der Waals surface area (Å²) in [6.07, 6.45) is 5.04. The lowest BCUT2D eigenvalue weighted by molar-refractivity contribution is -0.128. The van der Waals surface area contributed by atoms with E-state index < -0.39 is 0 Å². The number of nitrogens with one attached hydrogen (secondary N) is 1. The highest BCUT2D eigenvalue weighted by atomic mass is 16.5. The summed E-state index contributed by atoms with van der Waals surface area (Å²) in [5.74, 6) is 0.768. The number of hydrogen-bond acceptors (Lipinski definition) is 3. The fourth-order valence-corrected chi connectivity index (χ4v) is 3.19. The standard InChI is InChI=1S/C15H28N2O2/c1-11-3-4-12(16)9-13(11)14(18)17-10-15(2)5-7-19-8-6-15/h11-13H,3-10,16H2,1-2H3,(H,17,18). The second kappa shape index (κ2) is 6.23. The Morgan fingerprint density at radius 2 is 2.05 bits per heavy atom. The van der Waals surface area contributed by atoms with Crippen LogP contribution in [0.5, 0.6) is 0 Å². The minimum Gasteiger partial charge on any atom is -0.381 e. The van der Waals surface area contributed by atoms with Gasteiger partial charge in [-0.15, -0.1) is 0 Å². The zero-order valence-corrected chi connectivity index (χ0v) is 12.3. The molecule has 3 unspecified atom stereocenters. The predicted octanol–water partition coefficient (Wildman–Crippen LogP) is 1.68. The number of amides is 1. The van der Waals surface area contributed by atoms with E-state index >= 15 is 0 Å². The van der Waals surface area contributed by atoms with E-state index in [0.29, 0.717) is 5.92 Å². The van der Waals surface area contributed by atoms with Crippen LogP contribution in [0, 0.1) is 17.3 Å². The van der Waals surface area contributed by atoms with Crippen molar-refractivity contribution < 1.29 is 9.53 Å². The van der Waals surface area contributed by atoms with Crippen molar-refractivity contribution in [1.82, 2.24) is 5.32 Å². The van der Waals surface area contributed by atoms with Crippen molar-refractivity contribution in [3.63, 3.8) is 0 Å². The fourth-order valence-electron chi connectivity index (χ4n) is 3.19. The van der Waals surface area contributed by atoms with Gasteiger partial charge in [0.25, 0.3) is 0 Å². The second-order valence-corrected chi connectivity index (χ2v) is 6.80. The maximum atomic E-state index is 12.3. The predicted molar refractivity (Wildman–Crippen MR) is 75.7 cm³/mol. The molecule has 0 radical (unpaired) electrons. The number of nitrogens with two attached hydrogens (primary N) is 1. The molecule has 1 amide bonds. The number of rotatable bonds is 3. The molecule has 19 heavy (non-hydrogen) atoms. The highest BCUT2D eigenvalue weighted by Gasteiger charge is 2.33. The number of carbonyl (C=O) groups excluding carboxylic acids is 1. The average Bonchev–Trinajstić information content (AvgIpc) is 2.40. The number of hydrogen-bond donors (Lipinski definition) is 2. The molecule has 3 N–H and O–H groups in total. The summed E-state index contributed by atoms with van der Waals surface area (Å²) in [6, 6.07) is 0.200. The maximum absolute atomic E-state index is 12.3. The molecule has 0 spiro atoms. The third-order valence-electron chi connectivity index (χ3n) is 4.96. The van der Waals surface area contributed by atoms with Gasteiger partial charge in [0.1, 0.15) is 0 Å². The molecule has 2 rings (SSSR count). The van der Waals surface area contributed by atoms with Crippen LogP contribution >= 0.6 is 0 Å². The summed E-state index contributed by atoms with van der Waals surface area (Å²) in [4.78, 5) is 12.3. The lowest BCUT2D eigenvalue weighted by atomic mass is 9.77. The van der Waals surface area contributed by atoms with Crippen LogP contribution in [0.25, 0.3) is 0 Å². The van der Waals surface area contributed by atoms with Gasteiger partial charge in [0.2, 0.25) is 5.91 Å². The van der Waals surface area contributed by atoms with Crippen LogP contribution in [-0.2, 0) is 9.53 Å². The second-order valence-electron chi connectivity index (χ2n) is 6.80. The summed E-state index contributed by atoms with van der Waals surface area (Å²) in [5, 5.41) is 3.16. The molecule has 0 bridgehead atoms. The van der Waals surface area contributed by atoms with Gasteiger partial charge >= 0.3 is 0 Å². The Morgan fingerprint density at radius 1 is 1.37 bits per heavy atom. The fraction of sp³-hybridized carbons (Fsp3) is 0.933. The van der Waals surface area contributed by atoms with Crippen molar-refractivity contribution in [2.45, 2.75) is 52.0 Å². The van der Waals surface area contributed by atoms with Crippen molar-refractivity contribution in [3.05, 3.63) is 0 Å². The lowest BCUT2D eigenvalue weighted by Gasteiger charge is -2.36. The van der Waals surface area contributed by atoms with Crippen LogP contribution in [-0.4, -0.2) is 31.7 Å². The smallest absolute Gasteiger partial charge is 0.223 e. The van der Waals surface area contributed by atoms with Crippen molar-refractivity contribution >= 4 is 5.91 Å². The SMILES string of the molecule is CC1CCC(N)CC1C(=O)NCC1(C)CCOCC1. The Kier molecular flexibility index (Phi) is 4.85. The van der Waals surface area contributed by atoms with Gasteiger partial charge in [-0.1, -0.05) is 13.8 Å². The Hall–Kier alpha value is -0.610. The maximum Gasteiger partial charge on any atom is 0.223 e. The molecule has 1 aliphatic heterocycles. The summed E-state index contributed by atoms with van der Waals surface area (Å²) >= 11 is 0. The molecule has 1 heterocycles. The van der Waals surface area contributed by atoms with Gasteiger partial charge in [0, 0.05) is 31.7 Å². The Morgan fingerprint density at radius 3 is 2.74 bits per heavy atom. The van der Waals surface area contributed by atoms with Crippen molar-refractivity contribution in [1.29, 1.82) is 0 Å². The van der Waals surface area contributed by atoms with Gasteiger partial charge in [0.15, 0.2) is 0 Å². The quantitative estimate of drug-likeness (QED) is 0.818. The molecule has 1 saturated carbocycles. The van der Waals surface area contributed by atoms with Gasteiger partial charge in [-0.3, -0.25) is 4.79 Å². The summed E-state index contributed by atoms with van der Waals surface area (Å²) in [7, 11) is 0. The molecule has 1 aliphatic carbocycles. The van der Waals surface area contributed by atoms with Crippen molar-refractivity contribution in [2.75, 3.05) is 19.8 Å². The lowest BCUT2D eigenvalue weighted by Crippen LogP contribution is -2.45. The van der Waals surface area contributed by atoms with Crippen molar-refractivity contribution in [3.8, 4) is 0 Å². The van der Waals surface area contributed by atoms with Crippen LogP contribution in [0.15, 0.2) is 0 Å². The minimum absolute atomic E-state index is 0.104. The van der Waals surface area contributed by atoms with E-state index in [0.717, 1.165) is 51.9 Å². The molecular weight excluding hydrogens is 240 g/mol. The van der Waals surface area contributed by atoms with Gasteiger partial charge in [-0.05, 0) is 43.4 Å².